The van der Waals surface area contributed by atoms with Crippen molar-refractivity contribution < 1.29 is 13.3 Å². The number of fused-ring (bicyclic) bond motifs is 2. The molecule has 108 valence electrons. The van der Waals surface area contributed by atoms with Gasteiger partial charge in [-0.05, 0) is 43.2 Å². The largest absolute Gasteiger partial charge is 0.269 e. The van der Waals surface area contributed by atoms with E-state index in [1.54, 1.807) is 0 Å². The van der Waals surface area contributed by atoms with Crippen molar-refractivity contribution in [3.8, 4) is 0 Å². The molecule has 2 aliphatic rings. The Balaban J connectivity index is 1.76. The van der Waals surface area contributed by atoms with Gasteiger partial charge in [-0.3, -0.25) is 10.1 Å². The zero-order valence-corrected chi connectivity index (χ0v) is 11.7. The predicted molar refractivity (Wildman–Crippen MR) is 72.7 cm³/mol. The smallest absolute Gasteiger partial charge is 0.258 e. The molecule has 1 aromatic carbocycles. The van der Waals surface area contributed by atoms with Gasteiger partial charge in [-0.2, -0.15) is 0 Å². The Morgan fingerprint density at radius 3 is 2.35 bits per heavy atom. The van der Waals surface area contributed by atoms with Crippen molar-refractivity contribution in [2.75, 3.05) is 0 Å². The summed E-state index contributed by atoms with van der Waals surface area (Å²) in [5, 5.41) is 10.6. The molecule has 3 rings (SSSR count). The normalized spacial score (nSPS) is 28.7. The van der Waals surface area contributed by atoms with Gasteiger partial charge in [0.1, 0.15) is 0 Å². The molecule has 0 amide bonds. The molecule has 0 aliphatic heterocycles. The van der Waals surface area contributed by atoms with Crippen molar-refractivity contribution in [2.45, 2.75) is 36.6 Å². The van der Waals surface area contributed by atoms with Gasteiger partial charge >= 0.3 is 0 Å². The van der Waals surface area contributed by atoms with Crippen LogP contribution >= 0.6 is 0 Å². The van der Waals surface area contributed by atoms with Crippen molar-refractivity contribution in [3.05, 3.63) is 34.4 Å². The third-order valence-corrected chi connectivity index (χ3v) is 5.91. The zero-order valence-electron chi connectivity index (χ0n) is 10.9. The Bertz CT molecular complexity index is 626. The Labute approximate surface area is 117 Å². The first-order valence-electron chi connectivity index (χ1n) is 6.72. The third-order valence-electron chi connectivity index (χ3n) is 4.40. The fraction of sp³-hybridized carbons (Fsp3) is 0.538. The van der Waals surface area contributed by atoms with E-state index in [0.29, 0.717) is 11.8 Å². The minimum atomic E-state index is -3.58. The molecule has 0 unspecified atom stereocenters. The maximum atomic E-state index is 12.3. The van der Waals surface area contributed by atoms with Crippen LogP contribution in [0.1, 0.15) is 25.7 Å². The quantitative estimate of drug-likeness (QED) is 0.680. The third kappa shape index (κ3) is 2.43. The summed E-state index contributed by atoms with van der Waals surface area (Å²) >= 11 is 0. The number of nitro groups is 1. The number of benzene rings is 1. The molecule has 2 saturated carbocycles. The van der Waals surface area contributed by atoms with Crippen LogP contribution in [0.2, 0.25) is 0 Å². The summed E-state index contributed by atoms with van der Waals surface area (Å²) in [7, 11) is -3.58. The number of nitro benzene ring substituents is 1. The van der Waals surface area contributed by atoms with Crippen LogP contribution in [-0.2, 0) is 10.0 Å². The number of nitrogens with one attached hydrogen (secondary N) is 1. The Morgan fingerprint density at radius 2 is 1.85 bits per heavy atom. The van der Waals surface area contributed by atoms with Crippen LogP contribution in [-0.4, -0.2) is 19.4 Å². The molecule has 1 N–H and O–H groups in total. The van der Waals surface area contributed by atoms with E-state index in [-0.39, 0.29) is 16.6 Å². The SMILES string of the molecule is O=[N+]([O-])c1ccc(S(=O)(=O)N[C@H]2C[C@@H]3CC[C@H]2C3)cc1. The lowest BCUT2D eigenvalue weighted by Gasteiger charge is -2.22. The van der Waals surface area contributed by atoms with Crippen LogP contribution < -0.4 is 4.72 Å². The first-order valence-corrected chi connectivity index (χ1v) is 8.21. The lowest BCUT2D eigenvalue weighted by Crippen LogP contribution is -2.38. The number of non-ortho nitro benzene ring substituents is 1. The maximum absolute atomic E-state index is 12.3. The minimum Gasteiger partial charge on any atom is -0.258 e. The average Bonchev–Trinajstić information content (AvgIpc) is 3.00. The highest BCUT2D eigenvalue weighted by molar-refractivity contribution is 7.89. The highest BCUT2D eigenvalue weighted by Crippen LogP contribution is 2.44. The lowest BCUT2D eigenvalue weighted by atomic mass is 9.96. The van der Waals surface area contributed by atoms with E-state index in [2.05, 4.69) is 4.72 Å². The van der Waals surface area contributed by atoms with Gasteiger partial charge in [0.05, 0.1) is 9.82 Å². The number of nitrogens with zero attached hydrogens (tertiary/aromatic N) is 1. The molecule has 6 nitrogen and oxygen atoms in total. The molecule has 7 heteroatoms. The van der Waals surface area contributed by atoms with Crippen LogP contribution in [0, 0.1) is 22.0 Å². The second kappa shape index (κ2) is 4.82. The number of rotatable bonds is 4. The highest BCUT2D eigenvalue weighted by Gasteiger charge is 2.41. The van der Waals surface area contributed by atoms with E-state index in [9.17, 15) is 18.5 Å². The fourth-order valence-electron chi connectivity index (χ4n) is 3.40. The van der Waals surface area contributed by atoms with Gasteiger partial charge in [0.15, 0.2) is 0 Å². The van der Waals surface area contributed by atoms with Gasteiger partial charge in [-0.15, -0.1) is 0 Å². The second-order valence-electron chi connectivity index (χ2n) is 5.65. The van der Waals surface area contributed by atoms with Gasteiger partial charge < -0.3 is 0 Å². The standard InChI is InChI=1S/C13H16N2O4S/c16-15(17)11-3-5-12(6-4-11)20(18,19)14-13-8-9-1-2-10(13)7-9/h3-6,9-10,13-14H,1-2,7-8H2/t9-,10+,13+/m1/s1. The maximum Gasteiger partial charge on any atom is 0.269 e. The molecule has 0 aromatic heterocycles. The van der Waals surface area contributed by atoms with Gasteiger partial charge in [0.2, 0.25) is 10.0 Å². The van der Waals surface area contributed by atoms with Crippen LogP contribution in [0.4, 0.5) is 5.69 Å². The zero-order chi connectivity index (χ0) is 14.3. The Kier molecular flexibility index (Phi) is 3.25. The molecule has 0 spiro atoms. The van der Waals surface area contributed by atoms with Crippen molar-refractivity contribution >= 4 is 15.7 Å². The summed E-state index contributed by atoms with van der Waals surface area (Å²) in [5.74, 6) is 1.11. The van der Waals surface area contributed by atoms with E-state index in [4.69, 9.17) is 0 Å². The van der Waals surface area contributed by atoms with Gasteiger partial charge in [0, 0.05) is 18.2 Å². The predicted octanol–water partition coefficient (Wildman–Crippen LogP) is 2.06. The monoisotopic (exact) mass is 296 g/mol. The lowest BCUT2D eigenvalue weighted by molar-refractivity contribution is -0.384. The molecule has 0 heterocycles. The Hall–Kier alpha value is -1.47. The van der Waals surface area contributed by atoms with Crippen molar-refractivity contribution in [1.82, 2.24) is 4.72 Å². The van der Waals surface area contributed by atoms with Crippen molar-refractivity contribution in [2.24, 2.45) is 11.8 Å². The molecule has 2 aliphatic carbocycles. The summed E-state index contributed by atoms with van der Waals surface area (Å²) in [4.78, 5) is 10.1. The molecule has 2 bridgehead atoms. The first kappa shape index (κ1) is 13.5. The van der Waals surface area contributed by atoms with Crippen LogP contribution in [0.15, 0.2) is 29.2 Å². The first-order chi connectivity index (χ1) is 9.45. The molecule has 3 atom stereocenters. The van der Waals surface area contributed by atoms with Gasteiger partial charge in [-0.1, -0.05) is 6.42 Å². The Morgan fingerprint density at radius 1 is 1.15 bits per heavy atom. The summed E-state index contributed by atoms with van der Waals surface area (Å²) in [6, 6.07) is 5.03. The average molecular weight is 296 g/mol. The minimum absolute atomic E-state index is 0.0222. The second-order valence-corrected chi connectivity index (χ2v) is 7.37. The van der Waals surface area contributed by atoms with E-state index >= 15 is 0 Å². The summed E-state index contributed by atoms with van der Waals surface area (Å²) in [6.45, 7) is 0. The summed E-state index contributed by atoms with van der Waals surface area (Å²) in [6.07, 6.45) is 4.34. The molecular formula is C13H16N2O4S. The number of sulfonamides is 1. The van der Waals surface area contributed by atoms with Gasteiger partial charge in [-0.25, -0.2) is 13.1 Å². The number of hydrogen-bond donors (Lipinski definition) is 1. The van der Waals surface area contributed by atoms with Crippen LogP contribution in [0.25, 0.3) is 0 Å². The molecule has 0 radical (unpaired) electrons. The molecule has 1 aromatic rings. The summed E-state index contributed by atoms with van der Waals surface area (Å²) in [5.41, 5.74) is -0.108. The molecular weight excluding hydrogens is 280 g/mol. The summed E-state index contributed by atoms with van der Waals surface area (Å²) < 4.78 is 27.3. The van der Waals surface area contributed by atoms with Crippen LogP contribution in [0.3, 0.4) is 0 Å². The van der Waals surface area contributed by atoms with Crippen LogP contribution in [0.5, 0.6) is 0 Å². The number of hydrogen-bond acceptors (Lipinski definition) is 4. The highest BCUT2D eigenvalue weighted by atomic mass is 32.2. The molecule has 20 heavy (non-hydrogen) atoms. The fourth-order valence-corrected chi connectivity index (χ4v) is 4.72. The van der Waals surface area contributed by atoms with E-state index in [0.717, 1.165) is 19.3 Å². The van der Waals surface area contributed by atoms with E-state index < -0.39 is 14.9 Å². The molecule has 0 saturated heterocycles. The topological polar surface area (TPSA) is 89.3 Å². The molecule has 2 fully saturated rings. The van der Waals surface area contributed by atoms with Crippen molar-refractivity contribution in [3.63, 3.8) is 0 Å². The van der Waals surface area contributed by atoms with E-state index in [1.165, 1.54) is 30.7 Å². The van der Waals surface area contributed by atoms with Gasteiger partial charge in [0.25, 0.3) is 5.69 Å². The van der Waals surface area contributed by atoms with Crippen molar-refractivity contribution in [1.29, 1.82) is 0 Å². The van der Waals surface area contributed by atoms with E-state index in [1.807, 2.05) is 0 Å².